The molecular weight excluding hydrogens is 273 g/mol. The number of methoxy groups -OCH3 is 1. The number of benzene rings is 1. The molecule has 0 heterocycles. The van der Waals surface area contributed by atoms with Crippen molar-refractivity contribution in [2.45, 2.75) is 25.4 Å². The van der Waals surface area contributed by atoms with Gasteiger partial charge in [0.15, 0.2) is 0 Å². The van der Waals surface area contributed by atoms with Gasteiger partial charge in [-0.2, -0.15) is 13.2 Å². The van der Waals surface area contributed by atoms with E-state index in [1.165, 1.54) is 6.07 Å². The van der Waals surface area contributed by atoms with Crippen LogP contribution in [0.1, 0.15) is 23.1 Å². The van der Waals surface area contributed by atoms with E-state index in [2.05, 4.69) is 4.74 Å². The maximum Gasteiger partial charge on any atom is 0.416 e. The van der Waals surface area contributed by atoms with Crippen LogP contribution in [0.2, 0.25) is 0 Å². The Hall–Kier alpha value is -1.85. The highest BCUT2D eigenvalue weighted by Gasteiger charge is 2.34. The van der Waals surface area contributed by atoms with Crippen molar-refractivity contribution in [3.8, 4) is 0 Å². The number of carbonyl (C=O) groups is 2. The first-order chi connectivity index (χ1) is 9.32. The molecule has 0 N–H and O–H groups in total. The van der Waals surface area contributed by atoms with Gasteiger partial charge in [0.2, 0.25) is 0 Å². The number of Topliss-reactive ketones (excluding diaryl/α,β-unsaturated/α-hetero) is 1. The SMILES string of the molecule is COC(=O)C1Cc2cc(C(F)(F)F)ccc2CCC1=O. The van der Waals surface area contributed by atoms with Crippen LogP contribution < -0.4 is 0 Å². The zero-order valence-corrected chi connectivity index (χ0v) is 10.8. The molecule has 0 saturated heterocycles. The lowest BCUT2D eigenvalue weighted by Crippen LogP contribution is -2.26. The number of hydrogen-bond acceptors (Lipinski definition) is 3. The van der Waals surface area contributed by atoms with Crippen LogP contribution in [-0.2, 0) is 33.3 Å². The van der Waals surface area contributed by atoms with E-state index in [-0.39, 0.29) is 18.6 Å². The minimum atomic E-state index is -4.44. The number of ether oxygens (including phenoxy) is 1. The molecule has 0 aliphatic heterocycles. The first-order valence-corrected chi connectivity index (χ1v) is 6.12. The number of carbonyl (C=O) groups excluding carboxylic acids is 2. The third-order valence-corrected chi connectivity index (χ3v) is 3.47. The fourth-order valence-electron chi connectivity index (χ4n) is 2.36. The highest BCUT2D eigenvalue weighted by molar-refractivity contribution is 5.99. The van der Waals surface area contributed by atoms with Gasteiger partial charge >= 0.3 is 12.1 Å². The Morgan fingerprint density at radius 1 is 1.25 bits per heavy atom. The molecule has 0 radical (unpaired) electrons. The molecule has 0 aromatic heterocycles. The predicted molar refractivity (Wildman–Crippen MR) is 64.0 cm³/mol. The van der Waals surface area contributed by atoms with E-state index in [0.29, 0.717) is 17.5 Å². The molecule has 0 saturated carbocycles. The van der Waals surface area contributed by atoms with Crippen LogP contribution in [0.15, 0.2) is 18.2 Å². The number of fused-ring (bicyclic) bond motifs is 1. The van der Waals surface area contributed by atoms with Crippen LogP contribution >= 0.6 is 0 Å². The van der Waals surface area contributed by atoms with E-state index in [9.17, 15) is 22.8 Å². The average molecular weight is 286 g/mol. The Morgan fingerprint density at radius 2 is 1.95 bits per heavy atom. The molecule has 1 aliphatic rings. The monoisotopic (exact) mass is 286 g/mol. The Balaban J connectivity index is 2.39. The molecule has 0 amide bonds. The first kappa shape index (κ1) is 14.6. The molecule has 0 bridgehead atoms. The number of alkyl halides is 3. The van der Waals surface area contributed by atoms with E-state index < -0.39 is 23.6 Å². The molecule has 1 aromatic carbocycles. The minimum Gasteiger partial charge on any atom is -0.468 e. The number of hydrogen-bond donors (Lipinski definition) is 0. The number of ketones is 1. The highest BCUT2D eigenvalue weighted by atomic mass is 19.4. The third kappa shape index (κ3) is 2.84. The molecule has 0 fully saturated rings. The molecule has 1 atom stereocenters. The maximum atomic E-state index is 12.7. The van der Waals surface area contributed by atoms with Gasteiger partial charge in [-0.05, 0) is 36.1 Å². The number of esters is 1. The van der Waals surface area contributed by atoms with Crippen molar-refractivity contribution in [3.63, 3.8) is 0 Å². The number of halogens is 3. The van der Waals surface area contributed by atoms with Crippen molar-refractivity contribution in [1.82, 2.24) is 0 Å². The van der Waals surface area contributed by atoms with Gasteiger partial charge in [0, 0.05) is 6.42 Å². The third-order valence-electron chi connectivity index (χ3n) is 3.47. The lowest BCUT2D eigenvalue weighted by atomic mass is 9.94. The lowest BCUT2D eigenvalue weighted by molar-refractivity contribution is -0.149. The Labute approximate surface area is 113 Å². The first-order valence-electron chi connectivity index (χ1n) is 6.12. The Bertz CT molecular complexity index is 549. The summed E-state index contributed by atoms with van der Waals surface area (Å²) in [5, 5.41) is 0. The number of aryl methyl sites for hydroxylation is 1. The summed E-state index contributed by atoms with van der Waals surface area (Å²) in [7, 11) is 1.16. The summed E-state index contributed by atoms with van der Waals surface area (Å²) in [5.74, 6) is -1.99. The van der Waals surface area contributed by atoms with Gasteiger partial charge in [0.05, 0.1) is 12.7 Å². The standard InChI is InChI=1S/C14H13F3O3/c1-20-13(19)11-7-9-6-10(14(15,16)17)4-2-8(9)3-5-12(11)18/h2,4,6,11H,3,5,7H2,1H3. The summed E-state index contributed by atoms with van der Waals surface area (Å²) in [5.41, 5.74) is 0.299. The molecule has 1 aromatic rings. The Kier molecular flexibility index (Phi) is 3.83. The van der Waals surface area contributed by atoms with Gasteiger partial charge in [-0.1, -0.05) is 6.07 Å². The lowest BCUT2D eigenvalue weighted by Gasteiger charge is -2.13. The second-order valence-electron chi connectivity index (χ2n) is 4.73. The van der Waals surface area contributed by atoms with Crippen LogP contribution in [-0.4, -0.2) is 18.9 Å². The highest BCUT2D eigenvalue weighted by Crippen LogP contribution is 2.33. The molecule has 108 valence electrons. The average Bonchev–Trinajstić information content (AvgIpc) is 2.56. The zero-order valence-electron chi connectivity index (χ0n) is 10.8. The number of rotatable bonds is 1. The van der Waals surface area contributed by atoms with Gasteiger partial charge in [-0.15, -0.1) is 0 Å². The fourth-order valence-corrected chi connectivity index (χ4v) is 2.36. The van der Waals surface area contributed by atoms with E-state index in [1.807, 2.05) is 0 Å². The van der Waals surface area contributed by atoms with Crippen molar-refractivity contribution in [3.05, 3.63) is 34.9 Å². The second kappa shape index (κ2) is 5.26. The largest absolute Gasteiger partial charge is 0.468 e. The van der Waals surface area contributed by atoms with Gasteiger partial charge in [0.25, 0.3) is 0 Å². The van der Waals surface area contributed by atoms with Crippen molar-refractivity contribution < 1.29 is 27.5 Å². The van der Waals surface area contributed by atoms with Gasteiger partial charge in [-0.3, -0.25) is 9.59 Å². The van der Waals surface area contributed by atoms with E-state index in [0.717, 1.165) is 19.2 Å². The van der Waals surface area contributed by atoms with Crippen molar-refractivity contribution in [2.24, 2.45) is 5.92 Å². The summed E-state index contributed by atoms with van der Waals surface area (Å²) >= 11 is 0. The molecule has 6 heteroatoms. The van der Waals surface area contributed by atoms with Crippen LogP contribution in [0, 0.1) is 5.92 Å². The van der Waals surface area contributed by atoms with Crippen LogP contribution in [0.25, 0.3) is 0 Å². The summed E-state index contributed by atoms with van der Waals surface area (Å²) in [6.07, 6.45) is -3.99. The Morgan fingerprint density at radius 3 is 2.55 bits per heavy atom. The van der Waals surface area contributed by atoms with Gasteiger partial charge in [-0.25, -0.2) is 0 Å². The summed E-state index contributed by atoms with van der Waals surface area (Å²) in [6.45, 7) is 0. The summed E-state index contributed by atoms with van der Waals surface area (Å²) in [4.78, 5) is 23.4. The van der Waals surface area contributed by atoms with E-state index in [1.54, 1.807) is 0 Å². The van der Waals surface area contributed by atoms with Crippen molar-refractivity contribution in [1.29, 1.82) is 0 Å². The molecule has 2 rings (SSSR count). The smallest absolute Gasteiger partial charge is 0.416 e. The van der Waals surface area contributed by atoms with Crippen LogP contribution in [0.3, 0.4) is 0 Å². The molecule has 1 aliphatic carbocycles. The van der Waals surface area contributed by atoms with Crippen molar-refractivity contribution >= 4 is 11.8 Å². The van der Waals surface area contributed by atoms with Gasteiger partial charge < -0.3 is 4.74 Å². The minimum absolute atomic E-state index is 0.0369. The normalized spacial score (nSPS) is 19.2. The molecule has 20 heavy (non-hydrogen) atoms. The second-order valence-corrected chi connectivity index (χ2v) is 4.73. The van der Waals surface area contributed by atoms with Crippen LogP contribution in [0.4, 0.5) is 13.2 Å². The van der Waals surface area contributed by atoms with E-state index >= 15 is 0 Å². The zero-order chi connectivity index (χ0) is 14.9. The quantitative estimate of drug-likeness (QED) is 0.453. The predicted octanol–water partition coefficient (Wildman–Crippen LogP) is 2.55. The molecule has 3 nitrogen and oxygen atoms in total. The fraction of sp³-hybridized carbons (Fsp3) is 0.429. The van der Waals surface area contributed by atoms with Crippen LogP contribution in [0.5, 0.6) is 0 Å². The summed E-state index contributed by atoms with van der Waals surface area (Å²) < 4.78 is 42.6. The molecular formula is C14H13F3O3. The van der Waals surface area contributed by atoms with E-state index in [4.69, 9.17) is 0 Å². The maximum absolute atomic E-state index is 12.7. The summed E-state index contributed by atoms with van der Waals surface area (Å²) in [6, 6.07) is 3.40. The molecule has 1 unspecified atom stereocenters. The van der Waals surface area contributed by atoms with Gasteiger partial charge in [0.1, 0.15) is 11.7 Å². The topological polar surface area (TPSA) is 43.4 Å². The molecule has 0 spiro atoms. The van der Waals surface area contributed by atoms with Crippen molar-refractivity contribution in [2.75, 3.05) is 7.11 Å².